The minimum Gasteiger partial charge on any atom is -0.463 e. The lowest BCUT2D eigenvalue weighted by atomic mass is 10.3. The minimum absolute atomic E-state index is 0.276. The van der Waals surface area contributed by atoms with Crippen molar-refractivity contribution in [3.8, 4) is 0 Å². The molecule has 0 aromatic heterocycles. The molecule has 0 saturated heterocycles. The Morgan fingerprint density at radius 1 is 1.58 bits per heavy atom. The largest absolute Gasteiger partial charge is 0.463 e. The van der Waals surface area contributed by atoms with Crippen LogP contribution in [0, 0.1) is 0 Å². The zero-order chi connectivity index (χ0) is 9.78. The second-order valence-electron chi connectivity index (χ2n) is 2.65. The first kappa shape index (κ1) is 11.6. The monoisotopic (exact) mass is 200 g/mol. The average Bonchev–Trinajstić information content (AvgIpc) is 1.80. The number of hydrogen-bond acceptors (Lipinski definition) is 2. The lowest BCUT2D eigenvalue weighted by Crippen LogP contribution is -2.15. The Hall–Kier alpha value is -0.380. The van der Waals surface area contributed by atoms with Crippen molar-refractivity contribution < 1.29 is 18.3 Å². The van der Waals surface area contributed by atoms with Crippen molar-refractivity contribution in [2.45, 2.75) is 38.2 Å². The van der Waals surface area contributed by atoms with E-state index in [0.29, 0.717) is 0 Å². The molecule has 0 atom stereocenters. The summed E-state index contributed by atoms with van der Waals surface area (Å²) in [5, 5.41) is -3.31. The standard InChI is InChI=1S/C7H11ClF2O2/c1-5(2)12-6(11)3-4-7(8,9)10/h5H,3-4H2,1-2H3. The topological polar surface area (TPSA) is 26.3 Å². The van der Waals surface area contributed by atoms with Gasteiger partial charge in [-0.15, -0.1) is 0 Å². The molecule has 0 amide bonds. The number of ether oxygens (including phenoxy) is 1. The van der Waals surface area contributed by atoms with E-state index in [0.717, 1.165) is 0 Å². The molecule has 0 aliphatic carbocycles. The van der Waals surface area contributed by atoms with E-state index in [1.54, 1.807) is 13.8 Å². The molecule has 2 nitrogen and oxygen atoms in total. The van der Waals surface area contributed by atoms with Gasteiger partial charge in [0.1, 0.15) is 0 Å². The summed E-state index contributed by atoms with van der Waals surface area (Å²) >= 11 is 4.57. The van der Waals surface area contributed by atoms with Gasteiger partial charge in [0.15, 0.2) is 0 Å². The van der Waals surface area contributed by atoms with Crippen LogP contribution in [0.4, 0.5) is 8.78 Å². The van der Waals surface area contributed by atoms with Crippen LogP contribution in [0.1, 0.15) is 26.7 Å². The van der Waals surface area contributed by atoms with Crippen LogP contribution >= 0.6 is 11.6 Å². The fraction of sp³-hybridized carbons (Fsp3) is 0.857. The molecule has 0 rings (SSSR count). The maximum Gasteiger partial charge on any atom is 0.322 e. The average molecular weight is 201 g/mol. The molecule has 0 unspecified atom stereocenters. The predicted octanol–water partition coefficient (Wildman–Crippen LogP) is 2.55. The molecule has 0 aliphatic rings. The van der Waals surface area contributed by atoms with Gasteiger partial charge in [0, 0.05) is 6.42 Å². The van der Waals surface area contributed by atoms with Crippen LogP contribution < -0.4 is 0 Å². The Morgan fingerprint density at radius 2 is 2.08 bits per heavy atom. The van der Waals surface area contributed by atoms with E-state index in [2.05, 4.69) is 16.3 Å². The van der Waals surface area contributed by atoms with Gasteiger partial charge in [-0.05, 0) is 25.4 Å². The van der Waals surface area contributed by atoms with Crippen molar-refractivity contribution in [2.75, 3.05) is 0 Å². The summed E-state index contributed by atoms with van der Waals surface area (Å²) in [5.41, 5.74) is 0. The van der Waals surface area contributed by atoms with Crippen molar-refractivity contribution in [3.05, 3.63) is 0 Å². The first-order valence-electron chi connectivity index (χ1n) is 3.57. The van der Waals surface area contributed by atoms with Crippen molar-refractivity contribution in [1.82, 2.24) is 0 Å². The highest BCUT2D eigenvalue weighted by Crippen LogP contribution is 2.24. The highest BCUT2D eigenvalue weighted by atomic mass is 35.5. The fourth-order valence-corrected chi connectivity index (χ4v) is 0.660. The molecule has 0 aliphatic heterocycles. The first-order chi connectivity index (χ1) is 5.31. The molecule has 0 heterocycles. The normalized spacial score (nSPS) is 11.8. The van der Waals surface area contributed by atoms with E-state index in [9.17, 15) is 13.6 Å². The molecule has 0 aromatic carbocycles. The van der Waals surface area contributed by atoms with E-state index < -0.39 is 17.8 Å². The van der Waals surface area contributed by atoms with E-state index in [1.807, 2.05) is 0 Å². The van der Waals surface area contributed by atoms with Gasteiger partial charge < -0.3 is 4.74 Å². The van der Waals surface area contributed by atoms with Gasteiger partial charge in [0.05, 0.1) is 12.5 Å². The third-order valence-corrected chi connectivity index (χ3v) is 1.17. The molecule has 0 saturated carbocycles. The number of carbonyl (C=O) groups excluding carboxylic acids is 1. The summed E-state index contributed by atoms with van der Waals surface area (Å²) < 4.78 is 28.6. The van der Waals surface area contributed by atoms with Crippen molar-refractivity contribution in [2.24, 2.45) is 0 Å². The maximum absolute atomic E-state index is 12.0. The summed E-state index contributed by atoms with van der Waals surface area (Å²) in [4.78, 5) is 10.7. The first-order valence-corrected chi connectivity index (χ1v) is 3.95. The zero-order valence-electron chi connectivity index (χ0n) is 6.94. The maximum atomic E-state index is 12.0. The second-order valence-corrected chi connectivity index (χ2v) is 3.21. The van der Waals surface area contributed by atoms with Crippen LogP contribution in [0.25, 0.3) is 0 Å². The summed E-state index contributed by atoms with van der Waals surface area (Å²) in [6.45, 7) is 3.30. The molecule has 0 spiro atoms. The van der Waals surface area contributed by atoms with Crippen molar-refractivity contribution in [3.63, 3.8) is 0 Å². The van der Waals surface area contributed by atoms with Gasteiger partial charge >= 0.3 is 11.4 Å². The molecule has 0 radical (unpaired) electrons. The molecular weight excluding hydrogens is 190 g/mol. The number of rotatable bonds is 4. The fourth-order valence-electron chi connectivity index (χ4n) is 0.566. The minimum atomic E-state index is -3.31. The lowest BCUT2D eigenvalue weighted by Gasteiger charge is -2.09. The lowest BCUT2D eigenvalue weighted by molar-refractivity contribution is -0.148. The number of alkyl halides is 3. The van der Waals surface area contributed by atoms with E-state index >= 15 is 0 Å². The molecule has 0 N–H and O–H groups in total. The van der Waals surface area contributed by atoms with Crippen LogP contribution in [0.5, 0.6) is 0 Å². The predicted molar refractivity (Wildman–Crippen MR) is 41.3 cm³/mol. The molecule has 0 aromatic rings. The molecule has 12 heavy (non-hydrogen) atoms. The highest BCUT2D eigenvalue weighted by Gasteiger charge is 2.25. The second kappa shape index (κ2) is 4.60. The zero-order valence-corrected chi connectivity index (χ0v) is 7.70. The van der Waals surface area contributed by atoms with Crippen LogP contribution in [0.3, 0.4) is 0 Å². The summed E-state index contributed by atoms with van der Waals surface area (Å²) in [6.07, 6.45) is -1.31. The smallest absolute Gasteiger partial charge is 0.322 e. The molecule has 72 valence electrons. The van der Waals surface area contributed by atoms with E-state index in [4.69, 9.17) is 0 Å². The Balaban J connectivity index is 3.58. The quantitative estimate of drug-likeness (QED) is 0.515. The number of halogens is 3. The van der Waals surface area contributed by atoms with E-state index in [-0.39, 0.29) is 12.5 Å². The number of esters is 1. The van der Waals surface area contributed by atoms with Crippen LogP contribution in [0.2, 0.25) is 0 Å². The van der Waals surface area contributed by atoms with Crippen molar-refractivity contribution >= 4 is 17.6 Å². The van der Waals surface area contributed by atoms with Gasteiger partial charge in [-0.3, -0.25) is 4.79 Å². The Labute approximate surface area is 74.8 Å². The van der Waals surface area contributed by atoms with Gasteiger partial charge in [0.2, 0.25) is 0 Å². The summed E-state index contributed by atoms with van der Waals surface area (Å²) in [6, 6.07) is 0. The Kier molecular flexibility index (Phi) is 4.45. The van der Waals surface area contributed by atoms with E-state index in [1.165, 1.54) is 0 Å². The highest BCUT2D eigenvalue weighted by molar-refractivity contribution is 6.21. The van der Waals surface area contributed by atoms with Crippen LogP contribution in [0.15, 0.2) is 0 Å². The third kappa shape index (κ3) is 7.72. The SMILES string of the molecule is CC(C)OC(=O)CCC(F)(F)Cl. The summed E-state index contributed by atoms with van der Waals surface area (Å²) in [7, 11) is 0. The van der Waals surface area contributed by atoms with Crippen molar-refractivity contribution in [1.29, 1.82) is 0 Å². The summed E-state index contributed by atoms with van der Waals surface area (Å²) in [5.74, 6) is -0.648. The van der Waals surface area contributed by atoms with Gasteiger partial charge in [-0.25, -0.2) is 0 Å². The number of carbonyl (C=O) groups is 1. The molecular formula is C7H11ClF2O2. The molecule has 0 bridgehead atoms. The van der Waals surface area contributed by atoms with Crippen LogP contribution in [-0.2, 0) is 9.53 Å². The van der Waals surface area contributed by atoms with Gasteiger partial charge in [-0.1, -0.05) is 0 Å². The molecule has 5 heteroatoms. The molecule has 0 fully saturated rings. The van der Waals surface area contributed by atoms with Crippen LogP contribution in [-0.4, -0.2) is 17.5 Å². The third-order valence-electron chi connectivity index (χ3n) is 0.980. The van der Waals surface area contributed by atoms with Gasteiger partial charge in [0.25, 0.3) is 0 Å². The van der Waals surface area contributed by atoms with Gasteiger partial charge in [-0.2, -0.15) is 8.78 Å². The Morgan fingerprint density at radius 3 is 2.42 bits per heavy atom. The Bertz CT molecular complexity index is 154. The number of hydrogen-bond donors (Lipinski definition) is 0.